The van der Waals surface area contributed by atoms with E-state index >= 15 is 0 Å². The Morgan fingerprint density at radius 1 is 0.720 bits per heavy atom. The van der Waals surface area contributed by atoms with Crippen molar-refractivity contribution < 1.29 is 4.42 Å². The van der Waals surface area contributed by atoms with Gasteiger partial charge in [-0.25, -0.2) is 0 Å². The Labute approximate surface area is 294 Å². The molecule has 1 heterocycles. The summed E-state index contributed by atoms with van der Waals surface area (Å²) in [7, 11) is 0. The Balaban J connectivity index is 1.48. The van der Waals surface area contributed by atoms with Crippen LogP contribution < -0.4 is 20.9 Å². The third kappa shape index (κ3) is 5.84. The molecular weight excluding hydrogens is 605 g/mol. The highest BCUT2D eigenvalue weighted by Crippen LogP contribution is 2.42. The van der Waals surface area contributed by atoms with Gasteiger partial charge in [-0.15, -0.1) is 0 Å². The topological polar surface area (TPSA) is 13.1 Å². The molecule has 0 amide bonds. The van der Waals surface area contributed by atoms with Gasteiger partial charge in [0, 0.05) is 16.3 Å². The zero-order valence-electron chi connectivity index (χ0n) is 29.0. The summed E-state index contributed by atoms with van der Waals surface area (Å²) in [6.07, 6.45) is 17.5. The molecule has 1 nitrogen and oxygen atoms in total. The molecule has 1 aromatic heterocycles. The molecule has 0 N–H and O–H groups in total. The van der Waals surface area contributed by atoms with Crippen LogP contribution in [0.25, 0.3) is 51.8 Å². The first-order valence-corrected chi connectivity index (χ1v) is 17.7. The van der Waals surface area contributed by atoms with E-state index in [2.05, 4.69) is 167 Å². The molecule has 2 aliphatic rings. The van der Waals surface area contributed by atoms with Crippen molar-refractivity contribution in [2.45, 2.75) is 44.9 Å². The molecule has 244 valence electrons. The van der Waals surface area contributed by atoms with Gasteiger partial charge in [0.05, 0.1) is 0 Å². The molecule has 1 heteroatoms. The first kappa shape index (κ1) is 31.6. The van der Waals surface area contributed by atoms with E-state index in [1.54, 1.807) is 0 Å². The normalized spacial score (nSPS) is 20.7. The molecule has 8 rings (SSSR count). The highest BCUT2D eigenvalue weighted by molar-refractivity contribution is 6.08. The van der Waals surface area contributed by atoms with Crippen LogP contribution in [0.3, 0.4) is 0 Å². The van der Waals surface area contributed by atoms with Crippen molar-refractivity contribution >= 4 is 51.8 Å². The van der Waals surface area contributed by atoms with E-state index < -0.39 is 0 Å². The second-order valence-corrected chi connectivity index (χ2v) is 14.3. The van der Waals surface area contributed by atoms with Gasteiger partial charge in [-0.2, -0.15) is 0 Å². The molecule has 0 saturated carbocycles. The second kappa shape index (κ2) is 13.0. The van der Waals surface area contributed by atoms with Crippen LogP contribution in [-0.2, 0) is 11.8 Å². The van der Waals surface area contributed by atoms with Gasteiger partial charge in [0.2, 0.25) is 0 Å². The zero-order valence-corrected chi connectivity index (χ0v) is 29.0. The van der Waals surface area contributed by atoms with Crippen LogP contribution >= 0.6 is 0 Å². The molecule has 0 fully saturated rings. The number of allylic oxidation sites excluding steroid dienone is 6. The van der Waals surface area contributed by atoms with Crippen LogP contribution in [-0.4, -0.2) is 0 Å². The fraction of sp³-hybridized carbons (Fsp3) is 0.143. The molecule has 0 spiro atoms. The molecule has 0 atom stereocenters. The third-order valence-corrected chi connectivity index (χ3v) is 10.4. The van der Waals surface area contributed by atoms with Crippen LogP contribution in [0, 0.1) is 0 Å². The van der Waals surface area contributed by atoms with Gasteiger partial charge < -0.3 is 4.42 Å². The Bertz CT molecular complexity index is 2650. The van der Waals surface area contributed by atoms with Crippen LogP contribution in [0.15, 0.2) is 156 Å². The zero-order chi connectivity index (χ0) is 34.2. The van der Waals surface area contributed by atoms with Crippen molar-refractivity contribution in [1.29, 1.82) is 0 Å². The van der Waals surface area contributed by atoms with Gasteiger partial charge in [0.25, 0.3) is 0 Å². The SMILES string of the molecule is C=C(/C=c1/ccccc1=C)C1=c2/cccc/c2=C(\C2=C\c3c(ccc4c3oc3ccccc34)Cc3ccccc3C(C)(C)C2)/C=C/CC/C=C/1. The lowest BCUT2D eigenvalue weighted by Gasteiger charge is -2.29. The van der Waals surface area contributed by atoms with Crippen molar-refractivity contribution in [3.63, 3.8) is 0 Å². The number of benzene rings is 5. The molecule has 2 aliphatic carbocycles. The summed E-state index contributed by atoms with van der Waals surface area (Å²) < 4.78 is 6.72. The highest BCUT2D eigenvalue weighted by atomic mass is 16.3. The maximum absolute atomic E-state index is 6.72. The van der Waals surface area contributed by atoms with Crippen molar-refractivity contribution in [1.82, 2.24) is 0 Å². The second-order valence-electron chi connectivity index (χ2n) is 14.3. The molecule has 0 bridgehead atoms. The van der Waals surface area contributed by atoms with Crippen molar-refractivity contribution in [2.75, 3.05) is 0 Å². The number of hydrogen-bond acceptors (Lipinski definition) is 1. The van der Waals surface area contributed by atoms with E-state index in [4.69, 9.17) is 4.42 Å². The summed E-state index contributed by atoms with van der Waals surface area (Å²) in [5.74, 6) is 0. The average molecular weight is 647 g/mol. The summed E-state index contributed by atoms with van der Waals surface area (Å²) in [5.41, 5.74) is 11.6. The fourth-order valence-corrected chi connectivity index (χ4v) is 7.90. The predicted octanol–water partition coefficient (Wildman–Crippen LogP) is 9.60. The van der Waals surface area contributed by atoms with Crippen molar-refractivity contribution in [3.05, 3.63) is 194 Å². The van der Waals surface area contributed by atoms with Crippen LogP contribution in [0.4, 0.5) is 0 Å². The summed E-state index contributed by atoms with van der Waals surface area (Å²) in [4.78, 5) is 0. The van der Waals surface area contributed by atoms with E-state index in [-0.39, 0.29) is 5.41 Å². The van der Waals surface area contributed by atoms with Gasteiger partial charge in [0.15, 0.2) is 0 Å². The lowest BCUT2D eigenvalue weighted by molar-refractivity contribution is 0.523. The van der Waals surface area contributed by atoms with Gasteiger partial charge >= 0.3 is 0 Å². The average Bonchev–Trinajstić information content (AvgIpc) is 3.52. The lowest BCUT2D eigenvalue weighted by atomic mass is 9.75. The number of hydrogen-bond donors (Lipinski definition) is 0. The number of para-hydroxylation sites is 1. The van der Waals surface area contributed by atoms with Gasteiger partial charge in [0.1, 0.15) is 11.2 Å². The number of fused-ring (bicyclic) bond motifs is 7. The van der Waals surface area contributed by atoms with E-state index in [0.29, 0.717) is 0 Å². The third-order valence-electron chi connectivity index (χ3n) is 10.4. The largest absolute Gasteiger partial charge is 0.455 e. The maximum atomic E-state index is 6.72. The minimum absolute atomic E-state index is 0.121. The van der Waals surface area contributed by atoms with E-state index in [1.807, 2.05) is 6.07 Å². The van der Waals surface area contributed by atoms with Gasteiger partial charge in [-0.1, -0.05) is 154 Å². The number of rotatable bonds is 3. The minimum Gasteiger partial charge on any atom is -0.455 e. The summed E-state index contributed by atoms with van der Waals surface area (Å²) >= 11 is 0. The highest BCUT2D eigenvalue weighted by Gasteiger charge is 2.28. The lowest BCUT2D eigenvalue weighted by Crippen LogP contribution is -2.30. The van der Waals surface area contributed by atoms with E-state index in [9.17, 15) is 0 Å². The summed E-state index contributed by atoms with van der Waals surface area (Å²) in [5, 5.41) is 6.78. The molecule has 6 aromatic rings. The Morgan fingerprint density at radius 2 is 1.44 bits per heavy atom. The summed E-state index contributed by atoms with van der Waals surface area (Å²) in [6, 6.07) is 39.1. The monoisotopic (exact) mass is 646 g/mol. The Kier molecular flexibility index (Phi) is 8.21. The fourth-order valence-electron chi connectivity index (χ4n) is 7.90. The molecule has 0 radical (unpaired) electrons. The molecule has 50 heavy (non-hydrogen) atoms. The Morgan fingerprint density at radius 3 is 2.30 bits per heavy atom. The first-order chi connectivity index (χ1) is 24.4. The molecule has 5 aromatic carbocycles. The number of furan rings is 1. The first-order valence-electron chi connectivity index (χ1n) is 17.7. The molecule has 0 aliphatic heterocycles. The van der Waals surface area contributed by atoms with Crippen LogP contribution in [0.1, 0.15) is 55.4 Å². The predicted molar refractivity (Wildman–Crippen MR) is 213 cm³/mol. The molecule has 0 saturated heterocycles. The van der Waals surface area contributed by atoms with Gasteiger partial charge in [-0.05, 0) is 109 Å². The van der Waals surface area contributed by atoms with Crippen molar-refractivity contribution in [3.8, 4) is 0 Å². The van der Waals surface area contributed by atoms with Crippen LogP contribution in [0.5, 0.6) is 0 Å². The quantitative estimate of drug-likeness (QED) is 0.187. The smallest absolute Gasteiger partial charge is 0.142 e. The Hall–Kier alpha value is -5.66. The minimum atomic E-state index is -0.121. The van der Waals surface area contributed by atoms with Crippen molar-refractivity contribution in [2.24, 2.45) is 0 Å². The van der Waals surface area contributed by atoms with Gasteiger partial charge in [-0.3, -0.25) is 0 Å². The van der Waals surface area contributed by atoms with Crippen LogP contribution in [0.2, 0.25) is 0 Å². The summed E-state index contributed by atoms with van der Waals surface area (Å²) in [6.45, 7) is 13.7. The van der Waals surface area contributed by atoms with E-state index in [1.165, 1.54) is 43.8 Å². The standard InChI is InChI=1S/C49H42O/c1-33-17-9-10-18-35(33)29-34(2)39-20-7-5-6-8-21-40(42-23-13-12-22-41(39)42)38-31-45-36(30-37-19-11-15-25-46(37)49(3,4)32-38)27-28-44-43-24-14-16-26-47(43)50-48(44)45/h7-29,31H,1-2,5-6,30,32H2,3-4H3/b20-7+,21-8+,35-29-,38-31+,41-39+,42-40+. The maximum Gasteiger partial charge on any atom is 0.142 e. The van der Waals surface area contributed by atoms with E-state index in [0.717, 1.165) is 69.2 Å². The molecule has 0 unspecified atom stereocenters. The molecular formula is C49H42O.